The molecule has 0 saturated heterocycles. The molecule has 0 amide bonds. The van der Waals surface area contributed by atoms with E-state index in [9.17, 15) is 0 Å². The first-order valence-electron chi connectivity index (χ1n) is 12.6. The number of rotatable bonds is 6. The molecule has 29 heavy (non-hydrogen) atoms. The van der Waals surface area contributed by atoms with Crippen LogP contribution in [0.15, 0.2) is 23.8 Å². The van der Waals surface area contributed by atoms with E-state index in [2.05, 4.69) is 59.8 Å². The molecule has 0 radical (unpaired) electrons. The van der Waals surface area contributed by atoms with Crippen molar-refractivity contribution in [3.8, 4) is 0 Å². The highest BCUT2D eigenvalue weighted by Crippen LogP contribution is 2.67. The summed E-state index contributed by atoms with van der Waals surface area (Å²) < 4.78 is 0. The van der Waals surface area contributed by atoms with Crippen LogP contribution in [0.3, 0.4) is 0 Å². The highest BCUT2D eigenvalue weighted by molar-refractivity contribution is 7.64. The predicted octanol–water partition coefficient (Wildman–Crippen LogP) is 9.47. The maximum absolute atomic E-state index is 2.55. The Kier molecular flexibility index (Phi) is 8.53. The van der Waals surface area contributed by atoms with Crippen molar-refractivity contribution in [3.63, 3.8) is 0 Å². The van der Waals surface area contributed by atoms with Crippen molar-refractivity contribution in [1.29, 1.82) is 0 Å². The zero-order valence-electron chi connectivity index (χ0n) is 20.3. The minimum atomic E-state index is -0.0252. The molecule has 1 unspecified atom stereocenters. The van der Waals surface area contributed by atoms with Crippen LogP contribution in [0.1, 0.15) is 112 Å². The summed E-state index contributed by atoms with van der Waals surface area (Å²) in [5.41, 5.74) is 4.85. The molecule has 0 heterocycles. The van der Waals surface area contributed by atoms with E-state index in [0.29, 0.717) is 10.3 Å². The van der Waals surface area contributed by atoms with Gasteiger partial charge in [0.15, 0.2) is 0 Å². The van der Waals surface area contributed by atoms with E-state index in [1.165, 1.54) is 51.1 Å². The van der Waals surface area contributed by atoms with E-state index >= 15 is 0 Å². The zero-order chi connectivity index (χ0) is 21.1. The van der Waals surface area contributed by atoms with Gasteiger partial charge in [-0.1, -0.05) is 120 Å². The summed E-state index contributed by atoms with van der Waals surface area (Å²) in [6, 6.07) is 0. The molecule has 0 aromatic rings. The molecule has 0 bridgehead atoms. The summed E-state index contributed by atoms with van der Waals surface area (Å²) >= 11 is 0. The molecule has 2 fully saturated rings. The fourth-order valence-electron chi connectivity index (χ4n) is 6.41. The smallest absolute Gasteiger partial charge is 0.00514 e. The Balaban J connectivity index is 1.94. The minimum Gasteiger partial charge on any atom is -0.0947 e. The molecule has 0 aliphatic heterocycles. The molecule has 3 aliphatic rings. The van der Waals surface area contributed by atoms with Crippen LogP contribution in [0.2, 0.25) is 0 Å². The van der Waals surface area contributed by atoms with Crippen molar-refractivity contribution in [1.82, 2.24) is 0 Å². The monoisotopic (exact) mass is 434 g/mol. The second kappa shape index (κ2) is 10.3. The maximum atomic E-state index is 2.55. The Morgan fingerprint density at radius 2 is 1.28 bits per heavy atom. The zero-order valence-corrected chi connectivity index (χ0v) is 22.1. The standard InChI is InChI=1S/C27H48P2/c1-26(2,3)28(27(4,5)6)21-25(22-15-13-14-16-22)29(23-17-9-7-10-18-23)24-19-11-8-12-20-24/h13-15,23-25H,7-12,16-21H2,1-6H3. The third kappa shape index (κ3) is 6.42. The summed E-state index contributed by atoms with van der Waals surface area (Å²) in [7, 11) is 0.0845. The molecule has 0 spiro atoms. The van der Waals surface area contributed by atoms with Gasteiger partial charge in [-0.25, -0.2) is 0 Å². The molecular weight excluding hydrogens is 386 g/mol. The Labute approximate surface area is 185 Å². The minimum absolute atomic E-state index is 0.0252. The van der Waals surface area contributed by atoms with Crippen LogP contribution >= 0.6 is 15.8 Å². The van der Waals surface area contributed by atoms with Gasteiger partial charge in [0.2, 0.25) is 0 Å². The van der Waals surface area contributed by atoms with Crippen molar-refractivity contribution in [2.45, 2.75) is 139 Å². The molecule has 166 valence electrons. The fourth-order valence-corrected chi connectivity index (χ4v) is 15.5. The van der Waals surface area contributed by atoms with E-state index in [4.69, 9.17) is 0 Å². The Morgan fingerprint density at radius 3 is 1.66 bits per heavy atom. The quantitative estimate of drug-likeness (QED) is 0.365. The Bertz CT molecular complexity index is 530. The van der Waals surface area contributed by atoms with Gasteiger partial charge in [-0.15, -0.1) is 0 Å². The van der Waals surface area contributed by atoms with E-state index in [-0.39, 0.29) is 15.8 Å². The predicted molar refractivity (Wildman–Crippen MR) is 138 cm³/mol. The van der Waals surface area contributed by atoms with Crippen LogP contribution in [0.25, 0.3) is 0 Å². The molecule has 0 nitrogen and oxygen atoms in total. The highest BCUT2D eigenvalue weighted by Gasteiger charge is 2.42. The summed E-state index contributed by atoms with van der Waals surface area (Å²) in [5.74, 6) is 0. The lowest BCUT2D eigenvalue weighted by Crippen LogP contribution is -2.34. The summed E-state index contributed by atoms with van der Waals surface area (Å²) in [5, 5.41) is 0.886. The first-order chi connectivity index (χ1) is 13.7. The maximum Gasteiger partial charge on any atom is 0.00514 e. The average Bonchev–Trinajstić information content (AvgIpc) is 3.19. The largest absolute Gasteiger partial charge is 0.0947 e. The fraction of sp³-hybridized carbons (Fsp3) is 0.852. The van der Waals surface area contributed by atoms with Crippen molar-refractivity contribution in [2.75, 3.05) is 6.16 Å². The second-order valence-electron chi connectivity index (χ2n) is 11.9. The summed E-state index contributed by atoms with van der Waals surface area (Å²) in [6.07, 6.45) is 25.3. The van der Waals surface area contributed by atoms with Crippen molar-refractivity contribution in [2.24, 2.45) is 0 Å². The lowest BCUT2D eigenvalue weighted by Gasteiger charge is -2.49. The topological polar surface area (TPSA) is 0 Å². The van der Waals surface area contributed by atoms with E-state index < -0.39 is 0 Å². The Morgan fingerprint density at radius 1 is 0.793 bits per heavy atom. The molecule has 2 saturated carbocycles. The number of hydrogen-bond acceptors (Lipinski definition) is 0. The normalized spacial score (nSPS) is 23.8. The van der Waals surface area contributed by atoms with Gasteiger partial charge in [0.05, 0.1) is 0 Å². The van der Waals surface area contributed by atoms with Crippen LogP contribution in [-0.2, 0) is 0 Å². The van der Waals surface area contributed by atoms with E-state index in [1.807, 2.05) is 5.57 Å². The van der Waals surface area contributed by atoms with E-state index in [0.717, 1.165) is 17.0 Å². The Hall–Kier alpha value is 0.340. The van der Waals surface area contributed by atoms with Gasteiger partial charge in [-0.05, 0) is 59.9 Å². The van der Waals surface area contributed by atoms with Gasteiger partial charge < -0.3 is 0 Å². The number of hydrogen-bond donors (Lipinski definition) is 0. The molecule has 0 N–H and O–H groups in total. The molecule has 2 heteroatoms. The molecule has 3 rings (SSSR count). The highest BCUT2D eigenvalue weighted by atomic mass is 31.1. The van der Waals surface area contributed by atoms with Crippen molar-refractivity contribution < 1.29 is 0 Å². The van der Waals surface area contributed by atoms with Crippen LogP contribution in [0, 0.1) is 0 Å². The first kappa shape index (κ1) is 24.0. The van der Waals surface area contributed by atoms with Gasteiger partial charge in [-0.2, -0.15) is 0 Å². The van der Waals surface area contributed by atoms with Crippen LogP contribution in [0.5, 0.6) is 0 Å². The summed E-state index contributed by atoms with van der Waals surface area (Å²) in [4.78, 5) is 0. The SMILES string of the molecule is CC(C)(C)P(CC(C1=CC=CC1)P(C1CCCCC1)C1CCCCC1)C(C)(C)C. The lowest BCUT2D eigenvalue weighted by molar-refractivity contribution is 0.482. The molecule has 3 aliphatic carbocycles. The van der Waals surface area contributed by atoms with Gasteiger partial charge in [0.1, 0.15) is 0 Å². The van der Waals surface area contributed by atoms with Crippen LogP contribution in [-0.4, -0.2) is 33.5 Å². The average molecular weight is 435 g/mol. The summed E-state index contributed by atoms with van der Waals surface area (Å²) in [6.45, 7) is 15.2. The number of allylic oxidation sites excluding steroid dienone is 4. The van der Waals surface area contributed by atoms with Gasteiger partial charge >= 0.3 is 0 Å². The van der Waals surface area contributed by atoms with Crippen molar-refractivity contribution in [3.05, 3.63) is 23.8 Å². The molecule has 0 aromatic heterocycles. The van der Waals surface area contributed by atoms with Gasteiger partial charge in [0.25, 0.3) is 0 Å². The molecule has 1 atom stereocenters. The van der Waals surface area contributed by atoms with E-state index in [1.54, 1.807) is 25.7 Å². The third-order valence-electron chi connectivity index (χ3n) is 7.56. The molecule has 0 aromatic carbocycles. The van der Waals surface area contributed by atoms with Crippen LogP contribution < -0.4 is 0 Å². The van der Waals surface area contributed by atoms with Crippen molar-refractivity contribution >= 4 is 15.8 Å². The van der Waals surface area contributed by atoms with Crippen LogP contribution in [0.4, 0.5) is 0 Å². The second-order valence-corrected chi connectivity index (χ2v) is 18.8. The first-order valence-corrected chi connectivity index (χ1v) is 15.7. The van der Waals surface area contributed by atoms with Gasteiger partial charge in [0, 0.05) is 5.66 Å². The van der Waals surface area contributed by atoms with Gasteiger partial charge in [-0.3, -0.25) is 0 Å². The lowest BCUT2D eigenvalue weighted by atomic mass is 9.99. The molecular formula is C27H48P2. The third-order valence-corrected chi connectivity index (χ3v) is 15.8.